The van der Waals surface area contributed by atoms with Gasteiger partial charge < -0.3 is 5.73 Å². The molecule has 4 nitrogen and oxygen atoms in total. The van der Waals surface area contributed by atoms with Gasteiger partial charge >= 0.3 is 6.03 Å². The maximum Gasteiger partial charge on any atom is 0.347 e. The van der Waals surface area contributed by atoms with Crippen LogP contribution in [0.3, 0.4) is 0 Å². The van der Waals surface area contributed by atoms with Crippen LogP contribution in [-0.2, 0) is 0 Å². The summed E-state index contributed by atoms with van der Waals surface area (Å²) in [6.07, 6.45) is 5.31. The third-order valence-electron chi connectivity index (χ3n) is 2.92. The van der Waals surface area contributed by atoms with Crippen LogP contribution in [0.1, 0.15) is 18.5 Å². The minimum Gasteiger partial charge on any atom is -0.385 e. The molecule has 0 saturated heterocycles. The van der Waals surface area contributed by atoms with Gasteiger partial charge in [-0.15, -0.1) is 6.42 Å². The van der Waals surface area contributed by atoms with Crippen LogP contribution in [0.5, 0.6) is 0 Å². The van der Waals surface area contributed by atoms with Crippen LogP contribution in [0.25, 0.3) is 0 Å². The molecule has 0 bridgehead atoms. The number of amidine groups is 1. The molecule has 2 atom stereocenters. The normalized spacial score (nSPS) is 20.1. The molecule has 2 N–H and O–H groups in total. The lowest BCUT2D eigenvalue weighted by Crippen LogP contribution is -2.39. The fourth-order valence-corrected chi connectivity index (χ4v) is 2.14. The highest BCUT2D eigenvalue weighted by Gasteiger charge is 2.38. The van der Waals surface area contributed by atoms with Crippen LogP contribution in [0.4, 0.5) is 9.18 Å². The molecular formula is C13H11ClFN3O. The Morgan fingerprint density at radius 1 is 1.63 bits per heavy atom. The van der Waals surface area contributed by atoms with E-state index in [0.717, 1.165) is 6.07 Å². The van der Waals surface area contributed by atoms with E-state index in [2.05, 4.69) is 10.9 Å². The summed E-state index contributed by atoms with van der Waals surface area (Å²) < 4.78 is 14.0. The molecule has 0 aliphatic carbocycles. The van der Waals surface area contributed by atoms with Gasteiger partial charge in [-0.1, -0.05) is 23.6 Å². The van der Waals surface area contributed by atoms with Crippen molar-refractivity contribution in [2.24, 2.45) is 10.7 Å². The molecule has 0 radical (unpaired) electrons. The van der Waals surface area contributed by atoms with Crippen molar-refractivity contribution < 1.29 is 9.18 Å². The number of rotatable bonds is 2. The van der Waals surface area contributed by atoms with Crippen molar-refractivity contribution in [2.75, 3.05) is 0 Å². The quantitative estimate of drug-likeness (QED) is 0.845. The molecule has 1 aromatic carbocycles. The summed E-state index contributed by atoms with van der Waals surface area (Å²) >= 11 is 5.70. The van der Waals surface area contributed by atoms with E-state index in [0.29, 0.717) is 0 Å². The molecule has 1 heterocycles. The van der Waals surface area contributed by atoms with Crippen LogP contribution >= 0.6 is 11.6 Å². The van der Waals surface area contributed by atoms with Crippen LogP contribution in [0, 0.1) is 18.2 Å². The standard InChI is InChI=1S/C13H11ClFN3O/c1-3-7(2)18-11(12(16)17-13(18)19)9-5-4-8(14)6-10(9)15/h1,4-7,11H,2H3,(H2,16,17,19). The van der Waals surface area contributed by atoms with E-state index in [-0.39, 0.29) is 16.4 Å². The first-order valence-electron chi connectivity index (χ1n) is 5.53. The first-order chi connectivity index (χ1) is 8.95. The van der Waals surface area contributed by atoms with Crippen molar-refractivity contribution in [3.63, 3.8) is 0 Å². The summed E-state index contributed by atoms with van der Waals surface area (Å²) in [5.41, 5.74) is 5.93. The number of urea groups is 1. The number of hydrogen-bond donors (Lipinski definition) is 1. The number of terminal acetylenes is 1. The number of aliphatic imine (C=N–C) groups is 1. The fraction of sp³-hybridized carbons (Fsp3) is 0.231. The molecule has 0 fully saturated rings. The first-order valence-corrected chi connectivity index (χ1v) is 5.91. The zero-order valence-corrected chi connectivity index (χ0v) is 10.9. The second-order valence-electron chi connectivity index (χ2n) is 4.14. The van der Waals surface area contributed by atoms with Gasteiger partial charge in [-0.25, -0.2) is 9.18 Å². The highest BCUT2D eigenvalue weighted by molar-refractivity contribution is 6.30. The Hall–Kier alpha value is -2.06. The Morgan fingerprint density at radius 2 is 2.32 bits per heavy atom. The summed E-state index contributed by atoms with van der Waals surface area (Å²) in [4.78, 5) is 16.7. The molecule has 1 aromatic rings. The Labute approximate surface area is 115 Å². The van der Waals surface area contributed by atoms with Crippen LogP contribution in [0.2, 0.25) is 5.02 Å². The van der Waals surface area contributed by atoms with E-state index in [1.807, 2.05) is 0 Å². The molecule has 1 aliphatic heterocycles. The molecule has 0 saturated carbocycles. The average molecular weight is 280 g/mol. The largest absolute Gasteiger partial charge is 0.385 e. The lowest BCUT2D eigenvalue weighted by atomic mass is 10.0. The van der Waals surface area contributed by atoms with Crippen molar-refractivity contribution in [3.05, 3.63) is 34.6 Å². The molecule has 19 heavy (non-hydrogen) atoms. The van der Waals surface area contributed by atoms with Gasteiger partial charge in [0.05, 0.1) is 6.04 Å². The minimum absolute atomic E-state index is 0.0216. The Balaban J connectivity index is 2.49. The van der Waals surface area contributed by atoms with Crippen LogP contribution < -0.4 is 5.73 Å². The van der Waals surface area contributed by atoms with E-state index >= 15 is 0 Å². The van der Waals surface area contributed by atoms with Gasteiger partial charge in [0.2, 0.25) is 0 Å². The summed E-state index contributed by atoms with van der Waals surface area (Å²) in [6, 6.07) is 2.25. The van der Waals surface area contributed by atoms with Crippen molar-refractivity contribution >= 4 is 23.5 Å². The monoisotopic (exact) mass is 279 g/mol. The number of carbonyl (C=O) groups excluding carboxylic acids is 1. The van der Waals surface area contributed by atoms with Crippen molar-refractivity contribution in [1.82, 2.24) is 4.90 Å². The summed E-state index contributed by atoms with van der Waals surface area (Å²) in [6.45, 7) is 1.65. The predicted molar refractivity (Wildman–Crippen MR) is 71.3 cm³/mol. The smallest absolute Gasteiger partial charge is 0.347 e. The van der Waals surface area contributed by atoms with Crippen LogP contribution in [0.15, 0.2) is 23.2 Å². The van der Waals surface area contributed by atoms with Crippen LogP contribution in [-0.4, -0.2) is 22.8 Å². The predicted octanol–water partition coefficient (Wildman–Crippen LogP) is 2.33. The second-order valence-corrected chi connectivity index (χ2v) is 4.57. The highest BCUT2D eigenvalue weighted by atomic mass is 35.5. The fourth-order valence-electron chi connectivity index (χ4n) is 1.98. The molecular weight excluding hydrogens is 269 g/mol. The summed E-state index contributed by atoms with van der Waals surface area (Å²) in [7, 11) is 0. The number of amides is 2. The zero-order chi connectivity index (χ0) is 14.2. The molecule has 2 amide bonds. The first kappa shape index (κ1) is 13.4. The third kappa shape index (κ3) is 2.27. The number of nitrogens with two attached hydrogens (primary N) is 1. The number of nitrogens with zero attached hydrogens (tertiary/aromatic N) is 2. The van der Waals surface area contributed by atoms with E-state index in [1.165, 1.54) is 17.0 Å². The molecule has 0 spiro atoms. The Bertz CT molecular complexity index is 608. The molecule has 6 heteroatoms. The van der Waals surface area contributed by atoms with Gasteiger partial charge in [0.1, 0.15) is 17.7 Å². The Kier molecular flexibility index (Phi) is 3.45. The molecule has 98 valence electrons. The second kappa shape index (κ2) is 4.90. The number of carbonyl (C=O) groups is 1. The molecule has 2 unspecified atom stereocenters. The van der Waals surface area contributed by atoms with E-state index < -0.39 is 23.9 Å². The topological polar surface area (TPSA) is 58.7 Å². The van der Waals surface area contributed by atoms with Gasteiger partial charge in [0.15, 0.2) is 0 Å². The number of halogens is 2. The summed E-state index contributed by atoms with van der Waals surface area (Å²) in [5, 5.41) is 0.262. The van der Waals surface area contributed by atoms with E-state index in [1.54, 1.807) is 6.92 Å². The minimum atomic E-state index is -0.796. The van der Waals surface area contributed by atoms with Gasteiger partial charge in [0, 0.05) is 10.6 Å². The van der Waals surface area contributed by atoms with Gasteiger partial charge in [-0.05, 0) is 19.1 Å². The number of benzene rings is 1. The molecule has 1 aliphatic rings. The van der Waals surface area contributed by atoms with Gasteiger partial charge in [-0.3, -0.25) is 4.90 Å². The van der Waals surface area contributed by atoms with Gasteiger partial charge in [0.25, 0.3) is 0 Å². The van der Waals surface area contributed by atoms with Crippen molar-refractivity contribution in [1.29, 1.82) is 0 Å². The van der Waals surface area contributed by atoms with E-state index in [4.69, 9.17) is 23.8 Å². The molecule has 0 aromatic heterocycles. The van der Waals surface area contributed by atoms with Crippen molar-refractivity contribution in [3.8, 4) is 12.3 Å². The van der Waals surface area contributed by atoms with E-state index in [9.17, 15) is 9.18 Å². The Morgan fingerprint density at radius 3 is 2.89 bits per heavy atom. The SMILES string of the molecule is C#CC(C)N1C(=O)N=C(N)C1c1ccc(Cl)cc1F. The highest BCUT2D eigenvalue weighted by Crippen LogP contribution is 2.31. The van der Waals surface area contributed by atoms with Crippen molar-refractivity contribution in [2.45, 2.75) is 19.0 Å². The number of hydrogen-bond acceptors (Lipinski definition) is 2. The van der Waals surface area contributed by atoms with Gasteiger partial charge in [-0.2, -0.15) is 4.99 Å². The lowest BCUT2D eigenvalue weighted by Gasteiger charge is -2.27. The maximum absolute atomic E-state index is 14.0. The maximum atomic E-state index is 14.0. The summed E-state index contributed by atoms with van der Waals surface area (Å²) in [5.74, 6) is 1.88. The third-order valence-corrected chi connectivity index (χ3v) is 3.15. The lowest BCUT2D eigenvalue weighted by molar-refractivity contribution is 0.198. The molecule has 2 rings (SSSR count). The zero-order valence-electron chi connectivity index (χ0n) is 10.1. The average Bonchev–Trinajstić information content (AvgIpc) is 2.63.